The van der Waals surface area contributed by atoms with Crippen molar-refractivity contribution in [2.75, 3.05) is 33.3 Å². The number of guanidine groups is 2. The van der Waals surface area contributed by atoms with Crippen molar-refractivity contribution in [3.8, 4) is 5.75 Å². The number of aliphatic imine (C=N–C) groups is 2. The molecule has 196 valence electrons. The first-order chi connectivity index (χ1) is 16.4. The molecule has 4 N–H and O–H groups in total. The van der Waals surface area contributed by atoms with Crippen molar-refractivity contribution in [2.45, 2.75) is 38.4 Å². The van der Waals surface area contributed by atoms with Crippen LogP contribution < -0.4 is 15.2 Å². The molecule has 0 spiro atoms. The Labute approximate surface area is 201 Å². The van der Waals surface area contributed by atoms with Gasteiger partial charge in [0.25, 0.3) is 0 Å². The standard InChI is InChI=1S/C18H28N6O3S.C2HF3O2/c1-23-17(19)21-18(22-28(23,25)26)20-9-6-12-27-16-8-5-7-15(13-16)14-24-10-3-2-4-11-24;3-2(4,5)1(6)7/h5,7-8,13H,2-4,6,9-12,14H2,1H3,(H3,19,20,21,22);(H,6,7). The Morgan fingerprint density at radius 2 is 1.94 bits per heavy atom. The lowest BCUT2D eigenvalue weighted by molar-refractivity contribution is -0.192. The smallest absolute Gasteiger partial charge is 0.490 e. The van der Waals surface area contributed by atoms with Gasteiger partial charge in [0, 0.05) is 26.6 Å². The number of nitrogens with zero attached hydrogens (tertiary/aromatic N) is 4. The van der Waals surface area contributed by atoms with E-state index in [-0.39, 0.29) is 11.9 Å². The van der Waals surface area contributed by atoms with E-state index >= 15 is 0 Å². The van der Waals surface area contributed by atoms with Crippen molar-refractivity contribution in [1.82, 2.24) is 13.9 Å². The minimum atomic E-state index is -5.08. The van der Waals surface area contributed by atoms with Gasteiger partial charge in [-0.05, 0) is 43.6 Å². The van der Waals surface area contributed by atoms with E-state index in [1.807, 2.05) is 12.1 Å². The number of rotatable bonds is 7. The van der Waals surface area contributed by atoms with Crippen LogP contribution in [0.5, 0.6) is 5.75 Å². The lowest BCUT2D eigenvalue weighted by Gasteiger charge is -2.26. The van der Waals surface area contributed by atoms with Crippen LogP contribution in [0.4, 0.5) is 13.2 Å². The fourth-order valence-electron chi connectivity index (χ4n) is 3.13. The number of nitrogens with one attached hydrogen (secondary N) is 1. The van der Waals surface area contributed by atoms with Crippen molar-refractivity contribution in [3.05, 3.63) is 29.8 Å². The highest BCUT2D eigenvalue weighted by molar-refractivity contribution is 7.88. The molecule has 35 heavy (non-hydrogen) atoms. The van der Waals surface area contributed by atoms with Crippen LogP contribution in [0.1, 0.15) is 31.2 Å². The molecular weight excluding hydrogens is 493 g/mol. The minimum Gasteiger partial charge on any atom is -0.494 e. The fraction of sp³-hybridized carbons (Fsp3) is 0.550. The number of benzene rings is 1. The summed E-state index contributed by atoms with van der Waals surface area (Å²) in [6.45, 7) is 4.15. The number of carboxylic acid groups (broad SMARTS) is 1. The summed E-state index contributed by atoms with van der Waals surface area (Å²) in [4.78, 5) is 19.4. The number of hydrogen-bond donors (Lipinski definition) is 3. The van der Waals surface area contributed by atoms with Gasteiger partial charge in [-0.2, -0.15) is 26.6 Å². The van der Waals surface area contributed by atoms with Crippen LogP contribution in [0.3, 0.4) is 0 Å². The first-order valence-corrected chi connectivity index (χ1v) is 12.2. The van der Waals surface area contributed by atoms with E-state index in [2.05, 4.69) is 31.7 Å². The second-order valence-electron chi connectivity index (χ2n) is 7.74. The predicted octanol–water partition coefficient (Wildman–Crippen LogP) is 1.53. The highest BCUT2D eigenvalue weighted by Crippen LogP contribution is 2.18. The molecule has 0 radical (unpaired) electrons. The Kier molecular flexibility index (Phi) is 10.1. The zero-order valence-electron chi connectivity index (χ0n) is 19.2. The zero-order chi connectivity index (χ0) is 26.1. The molecule has 0 atom stereocenters. The number of likely N-dealkylation sites (tertiary alicyclic amines) is 1. The number of ether oxygens (including phenoxy) is 1. The lowest BCUT2D eigenvalue weighted by Crippen LogP contribution is -2.51. The molecule has 1 aromatic rings. The van der Waals surface area contributed by atoms with Crippen molar-refractivity contribution >= 4 is 28.1 Å². The highest BCUT2D eigenvalue weighted by atomic mass is 32.2. The first-order valence-electron chi connectivity index (χ1n) is 10.8. The Balaban J connectivity index is 0.000000540. The monoisotopic (exact) mass is 522 g/mol. The molecule has 11 nitrogen and oxygen atoms in total. The van der Waals surface area contributed by atoms with E-state index < -0.39 is 22.4 Å². The molecule has 1 aromatic carbocycles. The van der Waals surface area contributed by atoms with Crippen molar-refractivity contribution < 1.29 is 36.2 Å². The van der Waals surface area contributed by atoms with Crippen LogP contribution in [-0.4, -0.2) is 80.1 Å². The third-order valence-corrected chi connectivity index (χ3v) is 6.30. The number of piperidine rings is 1. The number of aliphatic carboxylic acids is 1. The Morgan fingerprint density at radius 3 is 2.54 bits per heavy atom. The molecular formula is C20H29F3N6O5S. The summed E-state index contributed by atoms with van der Waals surface area (Å²) in [6.07, 6.45) is -0.561. The van der Waals surface area contributed by atoms with E-state index in [0.717, 1.165) is 29.7 Å². The molecule has 2 aliphatic heterocycles. The molecule has 0 unspecified atom stereocenters. The summed E-state index contributed by atoms with van der Waals surface area (Å²) >= 11 is 0. The summed E-state index contributed by atoms with van der Waals surface area (Å²) in [5.41, 5.74) is 6.83. The maximum Gasteiger partial charge on any atom is 0.490 e. The van der Waals surface area contributed by atoms with Crippen LogP contribution in [0.15, 0.2) is 34.3 Å². The third-order valence-electron chi connectivity index (χ3n) is 4.95. The summed E-state index contributed by atoms with van der Waals surface area (Å²) in [6, 6.07) is 8.17. The number of hydrogen-bond acceptors (Lipinski definition) is 7. The Hall–Kier alpha value is -3.07. The van der Waals surface area contributed by atoms with Crippen LogP contribution in [0.25, 0.3) is 0 Å². The summed E-state index contributed by atoms with van der Waals surface area (Å²) in [5, 5.41) is 7.12. The molecule has 2 aliphatic rings. The second kappa shape index (κ2) is 12.6. The third kappa shape index (κ3) is 9.60. The van der Waals surface area contributed by atoms with E-state index in [1.165, 1.54) is 31.9 Å². The molecule has 0 aromatic heterocycles. The summed E-state index contributed by atoms with van der Waals surface area (Å²) < 4.78 is 64.3. The van der Waals surface area contributed by atoms with Crippen LogP contribution in [0.2, 0.25) is 0 Å². The van der Waals surface area contributed by atoms with Crippen LogP contribution >= 0.6 is 0 Å². The lowest BCUT2D eigenvalue weighted by atomic mass is 10.1. The summed E-state index contributed by atoms with van der Waals surface area (Å²) in [7, 11) is -2.38. The van der Waals surface area contributed by atoms with Crippen LogP contribution in [0, 0.1) is 0 Å². The van der Waals surface area contributed by atoms with Gasteiger partial charge < -0.3 is 15.6 Å². The van der Waals surface area contributed by atoms with E-state index in [9.17, 15) is 21.6 Å². The molecule has 1 saturated heterocycles. The number of carbonyl (C=O) groups is 1. The van der Waals surface area contributed by atoms with Crippen LogP contribution in [-0.2, 0) is 21.5 Å². The molecule has 15 heteroatoms. The molecule has 0 bridgehead atoms. The van der Waals surface area contributed by atoms with Gasteiger partial charge >= 0.3 is 22.4 Å². The molecule has 2 heterocycles. The zero-order valence-corrected chi connectivity index (χ0v) is 20.0. The average Bonchev–Trinajstić information content (AvgIpc) is 2.78. The van der Waals surface area contributed by atoms with E-state index in [4.69, 9.17) is 20.4 Å². The van der Waals surface area contributed by atoms with Crippen molar-refractivity contribution in [3.63, 3.8) is 0 Å². The number of carboxylic acids is 1. The molecule has 1 fully saturated rings. The molecule has 0 aliphatic carbocycles. The highest BCUT2D eigenvalue weighted by Gasteiger charge is 2.38. The maximum atomic E-state index is 11.8. The number of halogens is 3. The van der Waals surface area contributed by atoms with Gasteiger partial charge in [-0.1, -0.05) is 18.6 Å². The number of alkyl halides is 3. The maximum absolute atomic E-state index is 11.8. The van der Waals surface area contributed by atoms with E-state index in [1.54, 1.807) is 0 Å². The Morgan fingerprint density at radius 1 is 1.29 bits per heavy atom. The summed E-state index contributed by atoms with van der Waals surface area (Å²) in [5.74, 6) is -2.03. The van der Waals surface area contributed by atoms with Gasteiger partial charge in [0.15, 0.2) is 0 Å². The predicted molar refractivity (Wildman–Crippen MR) is 123 cm³/mol. The molecule has 0 amide bonds. The largest absolute Gasteiger partial charge is 0.494 e. The normalized spacial score (nSPS) is 19.3. The van der Waals surface area contributed by atoms with E-state index in [0.29, 0.717) is 19.6 Å². The fourth-order valence-corrected chi connectivity index (χ4v) is 3.89. The second-order valence-corrected chi connectivity index (χ2v) is 9.44. The van der Waals surface area contributed by atoms with Crippen molar-refractivity contribution in [2.24, 2.45) is 15.7 Å². The van der Waals surface area contributed by atoms with Gasteiger partial charge in [0.05, 0.1) is 6.61 Å². The average molecular weight is 523 g/mol. The van der Waals surface area contributed by atoms with Gasteiger partial charge in [0.1, 0.15) is 5.75 Å². The molecule has 0 saturated carbocycles. The topological polar surface area (TPSA) is 150 Å². The Bertz CT molecular complexity index is 1030. The van der Waals surface area contributed by atoms with Gasteiger partial charge in [-0.25, -0.2) is 13.8 Å². The first kappa shape index (κ1) is 28.2. The van der Waals surface area contributed by atoms with Gasteiger partial charge in [-0.15, -0.1) is 0 Å². The number of nitrogens with two attached hydrogens (primary N) is 1. The SMILES string of the molecule is CN1C(N)=NC(=NCCCOc2cccc(CN3CCCCC3)c2)NS1(=O)=O.O=C(O)C(F)(F)F. The minimum absolute atomic E-state index is 0.000807. The quantitative estimate of drug-likeness (QED) is 0.460. The van der Waals surface area contributed by atoms with Crippen molar-refractivity contribution in [1.29, 1.82) is 0 Å². The molecule has 3 rings (SSSR count). The van der Waals surface area contributed by atoms with Gasteiger partial charge in [0.2, 0.25) is 11.9 Å². The van der Waals surface area contributed by atoms with Gasteiger partial charge in [-0.3, -0.25) is 9.89 Å².